The zero-order chi connectivity index (χ0) is 22.4. The standard InChI is InChI=1S/C18H25N3O9/c1-5-6-7-20-14(25)8-19-21(18(20)26)17-16(29-12(4)24)15(28-11(3)23)13(30-17)9-27-10(2)22/h8,13,15-17H,5-7,9H2,1-4H3/t13-,15-,16+,17+/m1/s1. The van der Waals surface area contributed by atoms with E-state index in [4.69, 9.17) is 18.9 Å². The van der Waals surface area contributed by atoms with Crippen LogP contribution in [0.15, 0.2) is 15.8 Å². The third-order valence-electron chi connectivity index (χ3n) is 4.30. The van der Waals surface area contributed by atoms with Crippen LogP contribution >= 0.6 is 0 Å². The van der Waals surface area contributed by atoms with Crippen molar-refractivity contribution in [1.29, 1.82) is 0 Å². The highest BCUT2D eigenvalue weighted by Crippen LogP contribution is 2.33. The van der Waals surface area contributed by atoms with E-state index in [9.17, 15) is 24.0 Å². The van der Waals surface area contributed by atoms with Gasteiger partial charge in [0, 0.05) is 27.3 Å². The Morgan fingerprint density at radius 1 is 1.07 bits per heavy atom. The van der Waals surface area contributed by atoms with Crippen molar-refractivity contribution in [1.82, 2.24) is 14.3 Å². The van der Waals surface area contributed by atoms with Gasteiger partial charge in [-0.3, -0.25) is 23.7 Å². The molecular formula is C18H25N3O9. The third-order valence-corrected chi connectivity index (χ3v) is 4.30. The van der Waals surface area contributed by atoms with E-state index in [0.717, 1.165) is 35.7 Å². The molecule has 1 aliphatic heterocycles. The quantitative estimate of drug-likeness (QED) is 0.394. The summed E-state index contributed by atoms with van der Waals surface area (Å²) in [5.41, 5.74) is -1.35. The lowest BCUT2D eigenvalue weighted by Crippen LogP contribution is -2.46. The normalized spacial score (nSPS) is 23.1. The summed E-state index contributed by atoms with van der Waals surface area (Å²) in [4.78, 5) is 59.4. The summed E-state index contributed by atoms with van der Waals surface area (Å²) in [6.07, 6.45) is -2.47. The number of ether oxygens (including phenoxy) is 4. The molecule has 2 heterocycles. The van der Waals surface area contributed by atoms with Gasteiger partial charge in [-0.2, -0.15) is 9.78 Å². The van der Waals surface area contributed by atoms with Gasteiger partial charge < -0.3 is 18.9 Å². The van der Waals surface area contributed by atoms with E-state index in [1.54, 1.807) is 0 Å². The maximum atomic E-state index is 12.9. The molecule has 0 spiro atoms. The lowest BCUT2D eigenvalue weighted by molar-refractivity contribution is -0.166. The van der Waals surface area contributed by atoms with Gasteiger partial charge in [0.15, 0.2) is 18.4 Å². The number of hydrogen-bond donors (Lipinski definition) is 0. The van der Waals surface area contributed by atoms with Crippen molar-refractivity contribution in [2.75, 3.05) is 6.61 Å². The van der Waals surface area contributed by atoms with Crippen LogP contribution in [0.25, 0.3) is 0 Å². The molecule has 0 radical (unpaired) electrons. The molecule has 30 heavy (non-hydrogen) atoms. The van der Waals surface area contributed by atoms with Gasteiger partial charge in [0.2, 0.25) is 0 Å². The number of carbonyl (C=O) groups excluding carboxylic acids is 3. The number of aromatic nitrogens is 3. The average Bonchev–Trinajstić information content (AvgIpc) is 2.96. The van der Waals surface area contributed by atoms with Gasteiger partial charge in [0.1, 0.15) is 18.9 Å². The molecule has 1 aromatic rings. The first-order valence-electron chi connectivity index (χ1n) is 9.47. The molecule has 1 saturated heterocycles. The summed E-state index contributed by atoms with van der Waals surface area (Å²) < 4.78 is 23.1. The molecule has 166 valence electrons. The number of rotatable bonds is 8. The molecule has 2 rings (SSSR count). The average molecular weight is 427 g/mol. The van der Waals surface area contributed by atoms with Crippen molar-refractivity contribution in [3.63, 3.8) is 0 Å². The summed E-state index contributed by atoms with van der Waals surface area (Å²) in [5.74, 6) is -2.01. The molecule has 4 atom stereocenters. The maximum Gasteiger partial charge on any atom is 0.350 e. The van der Waals surface area contributed by atoms with Crippen molar-refractivity contribution in [3.05, 3.63) is 27.0 Å². The molecule has 1 aromatic heterocycles. The minimum Gasteiger partial charge on any atom is -0.463 e. The monoisotopic (exact) mass is 427 g/mol. The predicted molar refractivity (Wildman–Crippen MR) is 99.3 cm³/mol. The molecule has 0 amide bonds. The molecule has 0 saturated carbocycles. The highest BCUT2D eigenvalue weighted by atomic mass is 16.7. The van der Waals surface area contributed by atoms with Crippen LogP contribution in [0.3, 0.4) is 0 Å². The molecule has 0 unspecified atom stereocenters. The minimum absolute atomic E-state index is 0.173. The fourth-order valence-corrected chi connectivity index (χ4v) is 3.03. The smallest absolute Gasteiger partial charge is 0.350 e. The van der Waals surface area contributed by atoms with E-state index in [2.05, 4.69) is 5.10 Å². The van der Waals surface area contributed by atoms with Crippen LogP contribution in [-0.2, 0) is 39.9 Å². The summed E-state index contributed by atoms with van der Waals surface area (Å²) in [7, 11) is 0. The zero-order valence-electron chi connectivity index (χ0n) is 17.2. The predicted octanol–water partition coefficient (Wildman–Crippen LogP) is -0.471. The molecule has 12 nitrogen and oxygen atoms in total. The highest BCUT2D eigenvalue weighted by Gasteiger charge is 2.51. The van der Waals surface area contributed by atoms with Gasteiger partial charge in [-0.1, -0.05) is 13.3 Å². The first-order chi connectivity index (χ1) is 14.1. The number of esters is 3. The van der Waals surface area contributed by atoms with Crippen molar-refractivity contribution in [2.24, 2.45) is 0 Å². The highest BCUT2D eigenvalue weighted by molar-refractivity contribution is 5.67. The summed E-state index contributed by atoms with van der Waals surface area (Å²) >= 11 is 0. The Kier molecular flexibility index (Phi) is 7.86. The van der Waals surface area contributed by atoms with Crippen LogP contribution in [0.5, 0.6) is 0 Å². The molecule has 0 aliphatic carbocycles. The van der Waals surface area contributed by atoms with Gasteiger partial charge in [-0.25, -0.2) is 4.79 Å². The summed E-state index contributed by atoms with van der Waals surface area (Å²) in [6, 6.07) is 0. The lowest BCUT2D eigenvalue weighted by Gasteiger charge is -2.23. The lowest BCUT2D eigenvalue weighted by atomic mass is 10.1. The number of carbonyl (C=O) groups is 3. The molecule has 0 aromatic carbocycles. The van der Waals surface area contributed by atoms with Crippen LogP contribution < -0.4 is 11.2 Å². The first kappa shape index (κ1) is 23.3. The zero-order valence-corrected chi connectivity index (χ0v) is 17.2. The fraction of sp³-hybridized carbons (Fsp3) is 0.667. The van der Waals surface area contributed by atoms with Crippen LogP contribution in [0.1, 0.15) is 46.8 Å². The fourth-order valence-electron chi connectivity index (χ4n) is 3.03. The van der Waals surface area contributed by atoms with Crippen LogP contribution in [0.4, 0.5) is 0 Å². The topological polar surface area (TPSA) is 145 Å². The molecule has 1 aliphatic rings. The van der Waals surface area contributed by atoms with Gasteiger partial charge in [-0.15, -0.1) is 0 Å². The second-order valence-corrected chi connectivity index (χ2v) is 6.73. The first-order valence-corrected chi connectivity index (χ1v) is 9.47. The Bertz CT molecular complexity index is 907. The molecule has 0 N–H and O–H groups in total. The van der Waals surface area contributed by atoms with Crippen molar-refractivity contribution < 1.29 is 33.3 Å². The molecule has 0 bridgehead atoms. The largest absolute Gasteiger partial charge is 0.463 e. The minimum atomic E-state index is -1.31. The number of unbranched alkanes of at least 4 members (excludes halogenated alkanes) is 1. The Labute approximate surface area is 171 Å². The second-order valence-electron chi connectivity index (χ2n) is 6.73. The van der Waals surface area contributed by atoms with E-state index in [-0.39, 0.29) is 13.2 Å². The van der Waals surface area contributed by atoms with Crippen molar-refractivity contribution in [3.8, 4) is 0 Å². The SMILES string of the molecule is CCCCn1c(=O)cnn([C@H]2O[C@H](COC(C)=O)[C@@H](OC(C)=O)[C@@H]2OC(C)=O)c1=O. The van der Waals surface area contributed by atoms with Crippen LogP contribution in [0.2, 0.25) is 0 Å². The Balaban J connectivity index is 2.48. The maximum absolute atomic E-state index is 12.9. The van der Waals surface area contributed by atoms with E-state index < -0.39 is 53.7 Å². The Morgan fingerprint density at radius 3 is 2.27 bits per heavy atom. The van der Waals surface area contributed by atoms with Crippen LogP contribution in [0, 0.1) is 0 Å². The van der Waals surface area contributed by atoms with E-state index >= 15 is 0 Å². The van der Waals surface area contributed by atoms with Gasteiger partial charge in [-0.05, 0) is 6.42 Å². The molecule has 1 fully saturated rings. The van der Waals surface area contributed by atoms with Crippen molar-refractivity contribution in [2.45, 2.75) is 71.6 Å². The van der Waals surface area contributed by atoms with E-state index in [1.165, 1.54) is 6.92 Å². The van der Waals surface area contributed by atoms with Gasteiger partial charge >= 0.3 is 23.6 Å². The van der Waals surface area contributed by atoms with Crippen LogP contribution in [-0.4, -0.2) is 57.2 Å². The van der Waals surface area contributed by atoms with Crippen molar-refractivity contribution >= 4 is 17.9 Å². The molecular weight excluding hydrogens is 402 g/mol. The third kappa shape index (κ3) is 5.53. The second kappa shape index (κ2) is 10.1. The summed E-state index contributed by atoms with van der Waals surface area (Å²) in [6.45, 7) is 5.24. The van der Waals surface area contributed by atoms with Gasteiger partial charge in [0.05, 0.1) is 0 Å². The Morgan fingerprint density at radius 2 is 1.70 bits per heavy atom. The van der Waals surface area contributed by atoms with Gasteiger partial charge in [0.25, 0.3) is 5.56 Å². The Hall–Kier alpha value is -3.02. The van der Waals surface area contributed by atoms with E-state index in [0.29, 0.717) is 6.42 Å². The number of nitrogens with zero attached hydrogens (tertiary/aromatic N) is 3. The van der Waals surface area contributed by atoms with E-state index in [1.807, 2.05) is 6.92 Å². The summed E-state index contributed by atoms with van der Waals surface area (Å²) in [5, 5.41) is 3.84. The number of hydrogen-bond acceptors (Lipinski definition) is 10. The molecule has 12 heteroatoms.